The van der Waals surface area contributed by atoms with Crippen LogP contribution in [0.1, 0.15) is 10.6 Å². The summed E-state index contributed by atoms with van der Waals surface area (Å²) in [5, 5.41) is 9.60. The highest BCUT2D eigenvalue weighted by atomic mass is 32.2. The average molecular weight is 326 g/mol. The van der Waals surface area contributed by atoms with E-state index in [-0.39, 0.29) is 4.21 Å². The molecule has 0 bridgehead atoms. The standard InChI is InChI=1S/C13H14N2O4S2/c1-9-3-5-11(6-4-9)15(8-12(16)17)21(18,19)13-7-14-10(2)20-13/h3-7H,8H2,1-2H3,(H,16,17). The molecule has 0 aliphatic heterocycles. The summed E-state index contributed by atoms with van der Waals surface area (Å²) < 4.78 is 26.1. The quantitative estimate of drug-likeness (QED) is 0.908. The van der Waals surface area contributed by atoms with E-state index < -0.39 is 22.5 Å². The van der Waals surface area contributed by atoms with Crippen LogP contribution in [0.2, 0.25) is 0 Å². The number of carbonyl (C=O) groups is 1. The molecule has 1 aromatic heterocycles. The second kappa shape index (κ2) is 5.82. The van der Waals surface area contributed by atoms with Crippen molar-refractivity contribution in [3.63, 3.8) is 0 Å². The average Bonchev–Trinajstić information content (AvgIpc) is 2.84. The number of aryl methyl sites for hydroxylation is 2. The SMILES string of the molecule is Cc1ccc(N(CC(=O)O)S(=O)(=O)c2cnc(C)s2)cc1. The van der Waals surface area contributed by atoms with Crippen molar-refractivity contribution in [1.82, 2.24) is 4.98 Å². The molecule has 1 N–H and O–H groups in total. The lowest BCUT2D eigenvalue weighted by Gasteiger charge is -2.21. The van der Waals surface area contributed by atoms with E-state index >= 15 is 0 Å². The fourth-order valence-corrected chi connectivity index (χ4v) is 4.36. The van der Waals surface area contributed by atoms with E-state index in [4.69, 9.17) is 5.11 Å². The van der Waals surface area contributed by atoms with E-state index in [1.54, 1.807) is 31.2 Å². The van der Waals surface area contributed by atoms with Crippen molar-refractivity contribution in [2.45, 2.75) is 18.1 Å². The first-order valence-corrected chi connectivity index (χ1v) is 8.30. The highest BCUT2D eigenvalue weighted by molar-refractivity contribution is 7.94. The van der Waals surface area contributed by atoms with Crippen molar-refractivity contribution in [1.29, 1.82) is 0 Å². The second-order valence-corrected chi connectivity index (χ2v) is 7.76. The largest absolute Gasteiger partial charge is 0.480 e. The number of carboxylic acids is 1. The minimum Gasteiger partial charge on any atom is -0.480 e. The van der Waals surface area contributed by atoms with Gasteiger partial charge in [-0.15, -0.1) is 11.3 Å². The number of carboxylic acid groups (broad SMARTS) is 1. The maximum absolute atomic E-state index is 12.6. The minimum absolute atomic E-state index is 0.0295. The number of thiazole rings is 1. The van der Waals surface area contributed by atoms with Gasteiger partial charge in [0.2, 0.25) is 0 Å². The van der Waals surface area contributed by atoms with Crippen molar-refractivity contribution in [2.24, 2.45) is 0 Å². The zero-order valence-corrected chi connectivity index (χ0v) is 13.1. The van der Waals surface area contributed by atoms with Crippen molar-refractivity contribution in [3.05, 3.63) is 41.0 Å². The van der Waals surface area contributed by atoms with E-state index in [0.717, 1.165) is 21.2 Å². The molecule has 1 aromatic carbocycles. The summed E-state index contributed by atoms with van der Waals surface area (Å²) in [6.45, 7) is 2.92. The lowest BCUT2D eigenvalue weighted by molar-refractivity contribution is -0.135. The number of aliphatic carboxylic acids is 1. The number of sulfonamides is 1. The van der Waals surface area contributed by atoms with E-state index in [9.17, 15) is 13.2 Å². The number of rotatable bonds is 5. The Morgan fingerprint density at radius 2 is 1.90 bits per heavy atom. The van der Waals surface area contributed by atoms with Crippen LogP contribution < -0.4 is 4.31 Å². The lowest BCUT2D eigenvalue weighted by Crippen LogP contribution is -2.35. The van der Waals surface area contributed by atoms with Crippen molar-refractivity contribution in [3.8, 4) is 0 Å². The Morgan fingerprint density at radius 1 is 1.29 bits per heavy atom. The first-order chi connectivity index (χ1) is 9.80. The normalized spacial score (nSPS) is 11.3. The van der Waals surface area contributed by atoms with Gasteiger partial charge in [-0.3, -0.25) is 9.10 Å². The summed E-state index contributed by atoms with van der Waals surface area (Å²) in [6, 6.07) is 6.64. The molecule has 0 unspecified atom stereocenters. The molecule has 2 aromatic rings. The van der Waals surface area contributed by atoms with Crippen molar-refractivity contribution in [2.75, 3.05) is 10.8 Å². The topological polar surface area (TPSA) is 87.6 Å². The Morgan fingerprint density at radius 3 is 2.38 bits per heavy atom. The van der Waals surface area contributed by atoms with Crippen molar-refractivity contribution >= 4 is 33.0 Å². The molecule has 0 saturated carbocycles. The van der Waals surface area contributed by atoms with Gasteiger partial charge in [0.15, 0.2) is 4.21 Å². The highest BCUT2D eigenvalue weighted by Crippen LogP contribution is 2.27. The molecule has 0 aliphatic rings. The van der Waals surface area contributed by atoms with Crippen LogP contribution in [-0.4, -0.2) is 31.0 Å². The van der Waals surface area contributed by atoms with Crippen LogP contribution in [0.25, 0.3) is 0 Å². The van der Waals surface area contributed by atoms with Gasteiger partial charge in [0, 0.05) is 0 Å². The third kappa shape index (κ3) is 3.40. The Bertz CT molecular complexity index is 751. The number of benzene rings is 1. The molecule has 0 spiro atoms. The van der Waals surface area contributed by atoms with E-state index in [1.165, 1.54) is 6.20 Å². The van der Waals surface area contributed by atoms with Gasteiger partial charge in [-0.1, -0.05) is 17.7 Å². The third-order valence-corrected chi connectivity index (χ3v) is 5.87. The Balaban J connectivity index is 2.49. The van der Waals surface area contributed by atoms with Gasteiger partial charge >= 0.3 is 5.97 Å². The molecule has 1 heterocycles. The molecule has 21 heavy (non-hydrogen) atoms. The zero-order valence-electron chi connectivity index (χ0n) is 11.5. The Kier molecular flexibility index (Phi) is 4.29. The Hall–Kier alpha value is -1.93. The number of nitrogens with zero attached hydrogens (tertiary/aromatic N) is 2. The minimum atomic E-state index is -3.93. The molecule has 0 atom stereocenters. The third-order valence-electron chi connectivity index (χ3n) is 2.75. The van der Waals surface area contributed by atoms with Crippen molar-refractivity contribution < 1.29 is 18.3 Å². The van der Waals surface area contributed by atoms with E-state index in [0.29, 0.717) is 10.7 Å². The monoisotopic (exact) mass is 326 g/mol. The molecule has 6 nitrogen and oxygen atoms in total. The Labute approximate surface area is 126 Å². The summed E-state index contributed by atoms with van der Waals surface area (Å²) >= 11 is 1.01. The van der Waals surface area contributed by atoms with Crippen LogP contribution in [0, 0.1) is 13.8 Å². The predicted molar refractivity (Wildman–Crippen MR) is 80.2 cm³/mol. The maximum atomic E-state index is 12.6. The van der Waals surface area contributed by atoms with Crippen LogP contribution in [0.5, 0.6) is 0 Å². The molecule has 0 saturated heterocycles. The number of aromatic nitrogens is 1. The lowest BCUT2D eigenvalue weighted by atomic mass is 10.2. The fraction of sp³-hybridized carbons (Fsp3) is 0.231. The smallest absolute Gasteiger partial charge is 0.324 e. The number of hydrogen-bond donors (Lipinski definition) is 1. The van der Waals surface area contributed by atoms with Crippen LogP contribution >= 0.6 is 11.3 Å². The van der Waals surface area contributed by atoms with Crippen LogP contribution in [-0.2, 0) is 14.8 Å². The molecule has 0 amide bonds. The van der Waals surface area contributed by atoms with E-state index in [1.807, 2.05) is 6.92 Å². The van der Waals surface area contributed by atoms with Gasteiger partial charge in [-0.2, -0.15) is 0 Å². The van der Waals surface area contributed by atoms with Crippen LogP contribution in [0.15, 0.2) is 34.7 Å². The zero-order chi connectivity index (χ0) is 15.6. The van der Waals surface area contributed by atoms with Gasteiger partial charge < -0.3 is 5.11 Å². The maximum Gasteiger partial charge on any atom is 0.324 e. The summed E-state index contributed by atoms with van der Waals surface area (Å²) in [4.78, 5) is 14.9. The molecular weight excluding hydrogens is 312 g/mol. The summed E-state index contributed by atoms with van der Waals surface area (Å²) in [5.41, 5.74) is 1.27. The second-order valence-electron chi connectivity index (χ2n) is 4.44. The number of hydrogen-bond acceptors (Lipinski definition) is 5. The van der Waals surface area contributed by atoms with Gasteiger partial charge in [0.1, 0.15) is 6.54 Å². The molecule has 0 radical (unpaired) electrons. The molecular formula is C13H14N2O4S2. The summed E-state index contributed by atoms with van der Waals surface area (Å²) in [5.74, 6) is -1.22. The summed E-state index contributed by atoms with van der Waals surface area (Å²) in [6.07, 6.45) is 1.25. The molecule has 2 rings (SSSR count). The van der Waals surface area contributed by atoms with E-state index in [2.05, 4.69) is 4.98 Å². The molecule has 8 heteroatoms. The van der Waals surface area contributed by atoms with Gasteiger partial charge in [0.25, 0.3) is 10.0 Å². The summed E-state index contributed by atoms with van der Waals surface area (Å²) in [7, 11) is -3.93. The molecule has 112 valence electrons. The van der Waals surface area contributed by atoms with Gasteiger partial charge in [-0.25, -0.2) is 13.4 Å². The van der Waals surface area contributed by atoms with Gasteiger partial charge in [0.05, 0.1) is 16.9 Å². The fourth-order valence-electron chi connectivity index (χ4n) is 1.72. The molecule has 0 fully saturated rings. The van der Waals surface area contributed by atoms with Crippen LogP contribution in [0.3, 0.4) is 0 Å². The highest BCUT2D eigenvalue weighted by Gasteiger charge is 2.28. The first-order valence-electron chi connectivity index (χ1n) is 6.04. The number of anilines is 1. The first kappa shape index (κ1) is 15.5. The predicted octanol–water partition coefficient (Wildman–Crippen LogP) is 2.04. The molecule has 0 aliphatic carbocycles. The van der Waals surface area contributed by atoms with Crippen LogP contribution in [0.4, 0.5) is 5.69 Å². The van der Waals surface area contributed by atoms with Gasteiger partial charge in [-0.05, 0) is 26.0 Å².